The number of nitrogens with one attached hydrogen (secondary N) is 1. The number of nitrogens with zero attached hydrogens (tertiary/aromatic N) is 1. The molecule has 1 amide bonds. The number of para-hydroxylation sites is 2. The molecular weight excluding hydrogens is 340 g/mol. The number of hydrogen-bond donors (Lipinski definition) is 1. The summed E-state index contributed by atoms with van der Waals surface area (Å²) in [5, 5.41) is 2.70. The molecule has 6 nitrogen and oxygen atoms in total. The summed E-state index contributed by atoms with van der Waals surface area (Å²) < 4.78 is 31.6. The highest BCUT2D eigenvalue weighted by molar-refractivity contribution is 7.89. The molecule has 0 bridgehead atoms. The molecule has 7 heteroatoms. The first-order valence-corrected chi connectivity index (χ1v) is 9.31. The Morgan fingerprint density at radius 1 is 1.08 bits per heavy atom. The van der Waals surface area contributed by atoms with Gasteiger partial charge in [-0.25, -0.2) is 8.42 Å². The van der Waals surface area contributed by atoms with Crippen molar-refractivity contribution in [1.29, 1.82) is 0 Å². The summed E-state index contributed by atoms with van der Waals surface area (Å²) in [6.07, 6.45) is -0.0424. The third-order valence-corrected chi connectivity index (χ3v) is 5.16. The first kappa shape index (κ1) is 19.0. The summed E-state index contributed by atoms with van der Waals surface area (Å²) in [5.74, 6) is 0.0984. The molecule has 0 spiro atoms. The van der Waals surface area contributed by atoms with E-state index in [1.165, 1.54) is 19.2 Å². The van der Waals surface area contributed by atoms with Crippen molar-refractivity contribution < 1.29 is 17.9 Å². The number of ether oxygens (including phenoxy) is 1. The van der Waals surface area contributed by atoms with Crippen LogP contribution in [0.2, 0.25) is 0 Å². The van der Waals surface area contributed by atoms with Crippen LogP contribution in [0.25, 0.3) is 0 Å². The Balaban J connectivity index is 2.08. The number of amides is 1. The second-order valence-electron chi connectivity index (χ2n) is 5.79. The average molecular weight is 362 g/mol. The maximum absolute atomic E-state index is 12.5. The topological polar surface area (TPSA) is 75.7 Å². The number of rotatable bonds is 7. The zero-order chi connectivity index (χ0) is 18.4. The molecular formula is C18H22N2O4S. The van der Waals surface area contributed by atoms with Gasteiger partial charge in [0.1, 0.15) is 5.75 Å². The van der Waals surface area contributed by atoms with Crippen molar-refractivity contribution in [2.75, 3.05) is 18.9 Å². The van der Waals surface area contributed by atoms with Crippen molar-refractivity contribution in [3.63, 3.8) is 0 Å². The van der Waals surface area contributed by atoms with Crippen LogP contribution in [0, 0.1) is 0 Å². The Labute approximate surface area is 148 Å². The highest BCUT2D eigenvalue weighted by atomic mass is 32.2. The van der Waals surface area contributed by atoms with E-state index in [4.69, 9.17) is 4.74 Å². The minimum Gasteiger partial charge on any atom is -0.489 e. The first-order valence-electron chi connectivity index (χ1n) is 7.87. The van der Waals surface area contributed by atoms with Crippen molar-refractivity contribution in [1.82, 2.24) is 4.31 Å². The van der Waals surface area contributed by atoms with Crippen LogP contribution in [-0.2, 0) is 14.8 Å². The summed E-state index contributed by atoms with van der Waals surface area (Å²) in [6.45, 7) is 3.48. The minimum atomic E-state index is -3.71. The number of carbonyl (C=O) groups is 1. The van der Waals surface area contributed by atoms with Crippen LogP contribution >= 0.6 is 0 Å². The van der Waals surface area contributed by atoms with Gasteiger partial charge < -0.3 is 10.1 Å². The van der Waals surface area contributed by atoms with E-state index >= 15 is 0 Å². The van der Waals surface area contributed by atoms with E-state index in [-0.39, 0.29) is 17.5 Å². The third kappa shape index (κ3) is 5.04. The van der Waals surface area contributed by atoms with Gasteiger partial charge >= 0.3 is 0 Å². The Morgan fingerprint density at radius 3 is 2.32 bits per heavy atom. The van der Waals surface area contributed by atoms with E-state index in [2.05, 4.69) is 5.32 Å². The summed E-state index contributed by atoms with van der Waals surface area (Å²) in [5.41, 5.74) is 0.506. The molecule has 0 fully saturated rings. The van der Waals surface area contributed by atoms with Crippen LogP contribution in [0.15, 0.2) is 59.5 Å². The van der Waals surface area contributed by atoms with Crippen molar-refractivity contribution in [3.8, 4) is 5.75 Å². The lowest BCUT2D eigenvalue weighted by molar-refractivity contribution is -0.116. The van der Waals surface area contributed by atoms with Crippen molar-refractivity contribution in [2.45, 2.75) is 24.8 Å². The highest BCUT2D eigenvalue weighted by Crippen LogP contribution is 2.25. The zero-order valence-corrected chi connectivity index (χ0v) is 15.3. The molecule has 0 saturated carbocycles. The highest BCUT2D eigenvalue weighted by Gasteiger charge is 2.23. The second kappa shape index (κ2) is 8.13. The number of sulfonamides is 1. The van der Waals surface area contributed by atoms with Crippen molar-refractivity contribution in [3.05, 3.63) is 54.6 Å². The largest absolute Gasteiger partial charge is 0.489 e. The lowest BCUT2D eigenvalue weighted by Gasteiger charge is -2.18. The van der Waals surface area contributed by atoms with Gasteiger partial charge in [0.2, 0.25) is 15.9 Å². The van der Waals surface area contributed by atoms with E-state index in [0.29, 0.717) is 11.4 Å². The quantitative estimate of drug-likeness (QED) is 0.822. The van der Waals surface area contributed by atoms with Crippen LogP contribution in [0.5, 0.6) is 5.75 Å². The predicted octanol–water partition coefficient (Wildman–Crippen LogP) is 2.73. The Kier molecular flexibility index (Phi) is 6.17. The average Bonchev–Trinajstić information content (AvgIpc) is 2.57. The molecule has 1 N–H and O–H groups in total. The molecule has 0 unspecified atom stereocenters. The number of hydrogen-bond acceptors (Lipinski definition) is 4. The summed E-state index contributed by atoms with van der Waals surface area (Å²) in [6, 6.07) is 15.0. The lowest BCUT2D eigenvalue weighted by atomic mass is 10.3. The van der Waals surface area contributed by atoms with Gasteiger partial charge in [0.05, 0.1) is 23.2 Å². The lowest BCUT2D eigenvalue weighted by Crippen LogP contribution is -2.35. The van der Waals surface area contributed by atoms with Crippen LogP contribution < -0.4 is 10.1 Å². The van der Waals surface area contributed by atoms with Gasteiger partial charge in [0.15, 0.2) is 0 Å². The molecule has 0 aromatic heterocycles. The van der Waals surface area contributed by atoms with Gasteiger partial charge in [-0.15, -0.1) is 0 Å². The summed E-state index contributed by atoms with van der Waals surface area (Å²) in [4.78, 5) is 12.4. The fourth-order valence-electron chi connectivity index (χ4n) is 2.18. The summed E-state index contributed by atoms with van der Waals surface area (Å²) in [7, 11) is -2.34. The van der Waals surface area contributed by atoms with Crippen LogP contribution in [-0.4, -0.2) is 38.3 Å². The van der Waals surface area contributed by atoms with E-state index in [1.807, 2.05) is 13.8 Å². The molecule has 0 aliphatic carbocycles. The van der Waals surface area contributed by atoms with E-state index < -0.39 is 15.9 Å². The number of likely N-dealkylation sites (N-methyl/N-ethyl adjacent to an activating group) is 1. The SMILES string of the molecule is CC(C)Oc1ccccc1NC(=O)CN(C)S(=O)(=O)c1ccccc1. The van der Waals surface area contributed by atoms with E-state index in [9.17, 15) is 13.2 Å². The number of benzene rings is 2. The van der Waals surface area contributed by atoms with Crippen LogP contribution in [0.1, 0.15) is 13.8 Å². The molecule has 2 aromatic carbocycles. The van der Waals surface area contributed by atoms with E-state index in [0.717, 1.165) is 4.31 Å². The predicted molar refractivity (Wildman–Crippen MR) is 97.1 cm³/mol. The minimum absolute atomic E-state index is 0.0424. The molecule has 25 heavy (non-hydrogen) atoms. The van der Waals surface area contributed by atoms with Gasteiger partial charge in [0, 0.05) is 7.05 Å². The van der Waals surface area contributed by atoms with Gasteiger partial charge in [-0.2, -0.15) is 4.31 Å². The van der Waals surface area contributed by atoms with Crippen LogP contribution in [0.3, 0.4) is 0 Å². The third-order valence-electron chi connectivity index (χ3n) is 3.34. The Hall–Kier alpha value is -2.38. The Morgan fingerprint density at radius 2 is 1.68 bits per heavy atom. The molecule has 0 radical (unpaired) electrons. The van der Waals surface area contributed by atoms with Crippen molar-refractivity contribution >= 4 is 21.6 Å². The van der Waals surface area contributed by atoms with Crippen LogP contribution in [0.4, 0.5) is 5.69 Å². The van der Waals surface area contributed by atoms with Gasteiger partial charge in [-0.05, 0) is 38.1 Å². The number of carbonyl (C=O) groups excluding carboxylic acids is 1. The molecule has 0 aliphatic heterocycles. The molecule has 0 aliphatic rings. The maximum Gasteiger partial charge on any atom is 0.243 e. The van der Waals surface area contributed by atoms with Crippen molar-refractivity contribution in [2.24, 2.45) is 0 Å². The van der Waals surface area contributed by atoms with Gasteiger partial charge in [-0.1, -0.05) is 30.3 Å². The molecule has 2 aromatic rings. The second-order valence-corrected chi connectivity index (χ2v) is 7.83. The number of anilines is 1. The zero-order valence-electron chi connectivity index (χ0n) is 14.5. The fourth-order valence-corrected chi connectivity index (χ4v) is 3.32. The smallest absolute Gasteiger partial charge is 0.243 e. The molecule has 2 rings (SSSR count). The van der Waals surface area contributed by atoms with E-state index in [1.54, 1.807) is 42.5 Å². The van der Waals surface area contributed by atoms with Gasteiger partial charge in [0.25, 0.3) is 0 Å². The molecule has 134 valence electrons. The molecule has 0 heterocycles. The first-order chi connectivity index (χ1) is 11.8. The molecule has 0 atom stereocenters. The monoisotopic (exact) mass is 362 g/mol. The fraction of sp³-hybridized carbons (Fsp3) is 0.278. The Bertz CT molecular complexity index is 820. The van der Waals surface area contributed by atoms with Gasteiger partial charge in [-0.3, -0.25) is 4.79 Å². The summed E-state index contributed by atoms with van der Waals surface area (Å²) >= 11 is 0. The molecule has 0 saturated heterocycles. The standard InChI is InChI=1S/C18H22N2O4S/c1-14(2)24-17-12-8-7-11-16(17)19-18(21)13-20(3)25(22,23)15-9-5-4-6-10-15/h4-12,14H,13H2,1-3H3,(H,19,21). The maximum atomic E-state index is 12.5. The normalized spacial score (nSPS) is 11.6.